The van der Waals surface area contributed by atoms with Crippen LogP contribution >= 0.6 is 15.9 Å². The third-order valence-electron chi connectivity index (χ3n) is 2.77. The Bertz CT molecular complexity index is 795. The lowest BCUT2D eigenvalue weighted by Gasteiger charge is -2.09. The molecule has 0 saturated heterocycles. The van der Waals surface area contributed by atoms with E-state index in [4.69, 9.17) is 4.74 Å². The molecule has 3 aromatic rings. The van der Waals surface area contributed by atoms with Gasteiger partial charge in [0.1, 0.15) is 11.5 Å². The molecule has 0 aliphatic heterocycles. The summed E-state index contributed by atoms with van der Waals surface area (Å²) >= 11 is 3.43. The molecule has 3 nitrogen and oxygen atoms in total. The van der Waals surface area contributed by atoms with Gasteiger partial charge < -0.3 is 9.72 Å². The highest BCUT2D eigenvalue weighted by Crippen LogP contribution is 2.32. The van der Waals surface area contributed by atoms with Crippen LogP contribution in [0.2, 0.25) is 0 Å². The summed E-state index contributed by atoms with van der Waals surface area (Å²) in [7, 11) is 0. The molecular formula is C15H10BrNO2. The molecule has 94 valence electrons. The van der Waals surface area contributed by atoms with Crippen molar-refractivity contribution in [3.8, 4) is 11.5 Å². The average molecular weight is 316 g/mol. The van der Waals surface area contributed by atoms with Gasteiger partial charge in [-0.25, -0.2) is 0 Å². The highest BCUT2D eigenvalue weighted by molar-refractivity contribution is 9.10. The molecule has 0 radical (unpaired) electrons. The first-order valence-corrected chi connectivity index (χ1v) is 6.58. The van der Waals surface area contributed by atoms with E-state index in [2.05, 4.69) is 20.9 Å². The van der Waals surface area contributed by atoms with Gasteiger partial charge in [-0.2, -0.15) is 0 Å². The summed E-state index contributed by atoms with van der Waals surface area (Å²) in [6.07, 6.45) is 0. The summed E-state index contributed by atoms with van der Waals surface area (Å²) < 4.78 is 6.68. The number of fused-ring (bicyclic) bond motifs is 1. The van der Waals surface area contributed by atoms with Gasteiger partial charge in [-0.3, -0.25) is 4.79 Å². The number of benzene rings is 2. The number of aromatic amines is 1. The number of rotatable bonds is 2. The third kappa shape index (κ3) is 2.39. The third-order valence-corrected chi connectivity index (χ3v) is 3.42. The number of para-hydroxylation sites is 2. The van der Waals surface area contributed by atoms with Gasteiger partial charge in [0, 0.05) is 11.5 Å². The van der Waals surface area contributed by atoms with Gasteiger partial charge in [-0.1, -0.05) is 24.3 Å². The maximum absolute atomic E-state index is 11.6. The normalized spacial score (nSPS) is 10.6. The van der Waals surface area contributed by atoms with Crippen LogP contribution in [0, 0.1) is 0 Å². The molecule has 19 heavy (non-hydrogen) atoms. The lowest BCUT2D eigenvalue weighted by molar-refractivity contribution is 0.484. The van der Waals surface area contributed by atoms with Gasteiger partial charge in [0.25, 0.3) is 5.56 Å². The van der Waals surface area contributed by atoms with Crippen molar-refractivity contribution in [1.82, 2.24) is 4.98 Å². The van der Waals surface area contributed by atoms with Gasteiger partial charge in [0.05, 0.1) is 9.99 Å². The van der Waals surface area contributed by atoms with Crippen molar-refractivity contribution in [3.63, 3.8) is 0 Å². The molecule has 0 unspecified atom stereocenters. The molecule has 0 atom stereocenters. The van der Waals surface area contributed by atoms with E-state index in [0.717, 1.165) is 15.4 Å². The van der Waals surface area contributed by atoms with Crippen LogP contribution < -0.4 is 10.3 Å². The highest BCUT2D eigenvalue weighted by Gasteiger charge is 2.07. The Labute approximate surface area is 118 Å². The van der Waals surface area contributed by atoms with Gasteiger partial charge in [-0.15, -0.1) is 0 Å². The number of nitrogens with one attached hydrogen (secondary N) is 1. The second kappa shape index (κ2) is 4.90. The smallest absolute Gasteiger partial charge is 0.252 e. The van der Waals surface area contributed by atoms with Crippen LogP contribution in [-0.2, 0) is 0 Å². The molecule has 0 fully saturated rings. The fourth-order valence-corrected chi connectivity index (χ4v) is 2.27. The number of H-pyrrole nitrogens is 1. The van der Waals surface area contributed by atoms with Crippen LogP contribution in [-0.4, -0.2) is 4.98 Å². The highest BCUT2D eigenvalue weighted by atomic mass is 79.9. The molecule has 0 aliphatic rings. The fourth-order valence-electron chi connectivity index (χ4n) is 1.90. The average Bonchev–Trinajstić information content (AvgIpc) is 2.41. The monoisotopic (exact) mass is 315 g/mol. The minimum Gasteiger partial charge on any atom is -0.455 e. The van der Waals surface area contributed by atoms with Crippen LogP contribution in [0.5, 0.6) is 11.5 Å². The summed E-state index contributed by atoms with van der Waals surface area (Å²) in [6.45, 7) is 0. The Kier molecular flexibility index (Phi) is 3.09. The van der Waals surface area contributed by atoms with Crippen molar-refractivity contribution in [2.24, 2.45) is 0 Å². The standard InChI is InChI=1S/C15H10BrNO2/c16-11-6-2-4-8-13(11)19-14-9-15(18)17-12-7-3-1-5-10(12)14/h1-9H,(H,17,18). The van der Waals surface area contributed by atoms with Gasteiger partial charge in [0.2, 0.25) is 0 Å². The Morgan fingerprint density at radius 3 is 2.53 bits per heavy atom. The molecule has 4 heteroatoms. The molecule has 0 saturated carbocycles. The first-order valence-electron chi connectivity index (χ1n) is 5.78. The molecule has 0 bridgehead atoms. The van der Waals surface area contributed by atoms with E-state index in [1.165, 1.54) is 6.07 Å². The molecule has 0 aliphatic carbocycles. The molecule has 0 amide bonds. The molecular weight excluding hydrogens is 306 g/mol. The van der Waals surface area contributed by atoms with Crippen molar-refractivity contribution in [1.29, 1.82) is 0 Å². The van der Waals surface area contributed by atoms with Crippen molar-refractivity contribution in [2.75, 3.05) is 0 Å². The van der Waals surface area contributed by atoms with Crippen molar-refractivity contribution < 1.29 is 4.74 Å². The second-order valence-electron chi connectivity index (χ2n) is 4.08. The maximum Gasteiger partial charge on any atom is 0.252 e. The fraction of sp³-hybridized carbons (Fsp3) is 0. The molecule has 1 aromatic heterocycles. The van der Waals surface area contributed by atoms with E-state index in [0.29, 0.717) is 11.5 Å². The molecule has 2 aromatic carbocycles. The van der Waals surface area contributed by atoms with Crippen LogP contribution in [0.4, 0.5) is 0 Å². The molecule has 0 spiro atoms. The van der Waals surface area contributed by atoms with Gasteiger partial charge in [0.15, 0.2) is 0 Å². The zero-order valence-corrected chi connectivity index (χ0v) is 11.5. The quantitative estimate of drug-likeness (QED) is 0.774. The number of hydrogen-bond acceptors (Lipinski definition) is 2. The van der Waals surface area contributed by atoms with Gasteiger partial charge >= 0.3 is 0 Å². The van der Waals surface area contributed by atoms with E-state index in [-0.39, 0.29) is 5.56 Å². The Morgan fingerprint density at radius 2 is 1.68 bits per heavy atom. The van der Waals surface area contributed by atoms with Crippen LogP contribution in [0.1, 0.15) is 0 Å². The Morgan fingerprint density at radius 1 is 0.947 bits per heavy atom. The number of hydrogen-bond donors (Lipinski definition) is 1. The first-order chi connectivity index (χ1) is 9.24. The van der Waals surface area contributed by atoms with E-state index < -0.39 is 0 Å². The van der Waals surface area contributed by atoms with Crippen LogP contribution in [0.3, 0.4) is 0 Å². The number of aromatic nitrogens is 1. The minimum absolute atomic E-state index is 0.180. The molecule has 1 N–H and O–H groups in total. The zero-order chi connectivity index (χ0) is 13.2. The number of ether oxygens (including phenoxy) is 1. The summed E-state index contributed by atoms with van der Waals surface area (Å²) in [4.78, 5) is 14.4. The second-order valence-corrected chi connectivity index (χ2v) is 4.93. The summed E-state index contributed by atoms with van der Waals surface area (Å²) in [5.41, 5.74) is 0.581. The molecule has 3 rings (SSSR count). The minimum atomic E-state index is -0.180. The van der Waals surface area contributed by atoms with Crippen molar-refractivity contribution in [2.45, 2.75) is 0 Å². The van der Waals surface area contributed by atoms with E-state index >= 15 is 0 Å². The lowest BCUT2D eigenvalue weighted by Crippen LogP contribution is -2.04. The predicted molar refractivity (Wildman–Crippen MR) is 78.8 cm³/mol. The maximum atomic E-state index is 11.6. The largest absolute Gasteiger partial charge is 0.455 e. The first kappa shape index (κ1) is 12.0. The van der Waals surface area contributed by atoms with E-state index in [1.807, 2.05) is 48.5 Å². The Balaban J connectivity index is 2.15. The number of halogens is 1. The molecule has 1 heterocycles. The van der Waals surface area contributed by atoms with Crippen molar-refractivity contribution >= 4 is 26.8 Å². The van der Waals surface area contributed by atoms with E-state index in [9.17, 15) is 4.79 Å². The van der Waals surface area contributed by atoms with Gasteiger partial charge in [-0.05, 0) is 40.2 Å². The summed E-state index contributed by atoms with van der Waals surface area (Å²) in [5, 5.41) is 0.873. The van der Waals surface area contributed by atoms with Crippen LogP contribution in [0.25, 0.3) is 10.9 Å². The topological polar surface area (TPSA) is 42.1 Å². The predicted octanol–water partition coefficient (Wildman–Crippen LogP) is 4.08. The lowest BCUT2D eigenvalue weighted by atomic mass is 10.2. The number of pyridine rings is 1. The summed E-state index contributed by atoms with van der Waals surface area (Å²) in [5.74, 6) is 1.23. The summed E-state index contributed by atoms with van der Waals surface area (Å²) in [6, 6.07) is 16.5. The van der Waals surface area contributed by atoms with Crippen LogP contribution in [0.15, 0.2) is 63.9 Å². The Hall–Kier alpha value is -2.07. The van der Waals surface area contributed by atoms with Crippen molar-refractivity contribution in [3.05, 3.63) is 69.4 Å². The van der Waals surface area contributed by atoms with E-state index in [1.54, 1.807) is 0 Å². The zero-order valence-electron chi connectivity index (χ0n) is 9.89. The SMILES string of the molecule is O=c1cc(Oc2ccccc2Br)c2ccccc2[nH]1.